The van der Waals surface area contributed by atoms with Gasteiger partial charge in [-0.05, 0) is 47.7 Å². The molecule has 3 aromatic rings. The van der Waals surface area contributed by atoms with Gasteiger partial charge in [0.05, 0.1) is 18.1 Å². The Kier molecular flexibility index (Phi) is 5.72. The molecule has 1 fully saturated rings. The zero-order valence-electron chi connectivity index (χ0n) is 14.8. The van der Waals surface area contributed by atoms with Gasteiger partial charge in [0.25, 0.3) is 0 Å². The van der Waals surface area contributed by atoms with Crippen molar-refractivity contribution < 1.29 is 9.13 Å². The lowest BCUT2D eigenvalue weighted by atomic mass is 10.0. The first-order chi connectivity index (χ1) is 13.3. The Morgan fingerprint density at radius 1 is 1.26 bits per heavy atom. The molecule has 2 N–H and O–H groups in total. The lowest BCUT2D eigenvalue weighted by Crippen LogP contribution is -2.24. The van der Waals surface area contributed by atoms with Crippen molar-refractivity contribution in [1.29, 1.82) is 0 Å². The van der Waals surface area contributed by atoms with Crippen molar-refractivity contribution in [1.82, 2.24) is 15.3 Å². The fourth-order valence-electron chi connectivity index (χ4n) is 3.11. The highest BCUT2D eigenvalue weighted by Crippen LogP contribution is 2.30. The van der Waals surface area contributed by atoms with Gasteiger partial charge in [-0.15, -0.1) is 0 Å². The van der Waals surface area contributed by atoms with E-state index in [-0.39, 0.29) is 5.82 Å². The second-order valence-electron chi connectivity index (χ2n) is 6.56. The van der Waals surface area contributed by atoms with Crippen LogP contribution in [0, 0.1) is 11.7 Å². The predicted octanol–water partition coefficient (Wildman–Crippen LogP) is 3.87. The van der Waals surface area contributed by atoms with Crippen molar-refractivity contribution >= 4 is 22.3 Å². The average molecular weight is 384 g/mol. The molecule has 140 valence electrons. The molecule has 2 aromatic heterocycles. The number of halogens is 1. The van der Waals surface area contributed by atoms with E-state index in [9.17, 15) is 4.39 Å². The molecule has 7 heteroatoms. The van der Waals surface area contributed by atoms with Crippen LogP contribution in [0.2, 0.25) is 0 Å². The second kappa shape index (κ2) is 8.56. The number of ether oxygens (including phenoxy) is 1. The normalized spacial score (nSPS) is 17.4. The highest BCUT2D eigenvalue weighted by atomic mass is 32.1. The Bertz CT molecular complexity index is 893. The summed E-state index contributed by atoms with van der Waals surface area (Å²) in [4.78, 5) is 9.69. The molecular formula is C20H21FN4OS. The number of nitrogens with zero attached hydrogens (tertiary/aromatic N) is 2. The molecule has 0 bridgehead atoms. The molecule has 1 aromatic carbocycles. The lowest BCUT2D eigenvalue weighted by molar-refractivity contribution is 0.123. The largest absolute Gasteiger partial charge is 0.380 e. The van der Waals surface area contributed by atoms with E-state index in [1.54, 1.807) is 12.3 Å². The first-order valence-electron chi connectivity index (χ1n) is 8.98. The van der Waals surface area contributed by atoms with Crippen molar-refractivity contribution in [2.45, 2.75) is 6.42 Å². The Labute approximate surface area is 161 Å². The van der Waals surface area contributed by atoms with E-state index in [0.29, 0.717) is 5.92 Å². The number of thiazole rings is 1. The van der Waals surface area contributed by atoms with Gasteiger partial charge in [0.1, 0.15) is 11.6 Å². The summed E-state index contributed by atoms with van der Waals surface area (Å²) in [5.41, 5.74) is 2.04. The molecule has 1 aliphatic heterocycles. The van der Waals surface area contributed by atoms with Crippen LogP contribution in [-0.4, -0.2) is 36.3 Å². The molecule has 0 aliphatic carbocycles. The number of hydrogen-bond donors (Lipinski definition) is 2. The molecule has 1 saturated heterocycles. The van der Waals surface area contributed by atoms with Gasteiger partial charge in [-0.25, -0.2) is 14.4 Å². The van der Waals surface area contributed by atoms with Crippen LogP contribution in [0.4, 0.5) is 15.3 Å². The Hall–Kier alpha value is -2.35. The monoisotopic (exact) mass is 384 g/mol. The van der Waals surface area contributed by atoms with Crippen LogP contribution >= 0.6 is 11.3 Å². The number of hydrogen-bond acceptors (Lipinski definition) is 6. The molecule has 0 unspecified atom stereocenters. The molecular weight excluding hydrogens is 363 g/mol. The smallest absolute Gasteiger partial charge is 0.188 e. The second-order valence-corrected chi connectivity index (χ2v) is 7.59. The summed E-state index contributed by atoms with van der Waals surface area (Å²) in [6.07, 6.45) is 4.50. The third-order valence-electron chi connectivity index (χ3n) is 4.41. The summed E-state index contributed by atoms with van der Waals surface area (Å²) in [5.74, 6) is 0.971. The Balaban J connectivity index is 1.44. The standard InChI is InChI=1S/C20H21FN4OS/c21-17-3-1-2-16(10-17)18-12-24-20(27-18)25-19-9-14(4-5-23-19)8-15-11-22-6-7-26-13-15/h1-5,9-10,12,15,22H,6-8,11,13H2,(H,23,24,25)/t15-/m1/s1. The van der Waals surface area contributed by atoms with Gasteiger partial charge >= 0.3 is 0 Å². The Morgan fingerprint density at radius 2 is 2.22 bits per heavy atom. The summed E-state index contributed by atoms with van der Waals surface area (Å²) < 4.78 is 19.0. The van der Waals surface area contributed by atoms with E-state index >= 15 is 0 Å². The van der Waals surface area contributed by atoms with E-state index in [1.807, 2.05) is 24.4 Å². The fourth-order valence-corrected chi connectivity index (χ4v) is 3.93. The quantitative estimate of drug-likeness (QED) is 0.699. The number of pyridine rings is 1. The minimum Gasteiger partial charge on any atom is -0.380 e. The minimum absolute atomic E-state index is 0.248. The summed E-state index contributed by atoms with van der Waals surface area (Å²) in [6.45, 7) is 3.44. The average Bonchev–Trinajstić information content (AvgIpc) is 2.98. The van der Waals surface area contributed by atoms with E-state index in [1.165, 1.54) is 29.0 Å². The molecule has 3 heterocycles. The lowest BCUT2D eigenvalue weighted by Gasteiger charge is -2.14. The highest BCUT2D eigenvalue weighted by molar-refractivity contribution is 7.18. The minimum atomic E-state index is -0.248. The van der Waals surface area contributed by atoms with Crippen molar-refractivity contribution in [2.75, 3.05) is 31.6 Å². The van der Waals surface area contributed by atoms with E-state index in [2.05, 4.69) is 20.6 Å². The molecule has 1 atom stereocenters. The SMILES string of the molecule is Fc1cccc(-c2cnc(Nc3cc(C[C@@H]4CNCCOC4)ccn3)s2)c1. The number of nitrogens with one attached hydrogen (secondary N) is 2. The first kappa shape index (κ1) is 18.0. The van der Waals surface area contributed by atoms with Crippen molar-refractivity contribution in [3.05, 3.63) is 60.2 Å². The van der Waals surface area contributed by atoms with Crippen LogP contribution in [0.25, 0.3) is 10.4 Å². The molecule has 5 nitrogen and oxygen atoms in total. The number of anilines is 2. The molecule has 1 aliphatic rings. The van der Waals surface area contributed by atoms with E-state index in [0.717, 1.165) is 54.1 Å². The van der Waals surface area contributed by atoms with Crippen LogP contribution in [0.15, 0.2) is 48.8 Å². The number of rotatable bonds is 5. The summed E-state index contributed by atoms with van der Waals surface area (Å²) in [6, 6.07) is 10.6. The third-order valence-corrected chi connectivity index (χ3v) is 5.37. The fraction of sp³-hybridized carbons (Fsp3) is 0.300. The molecule has 0 spiro atoms. The maximum absolute atomic E-state index is 13.4. The Morgan fingerprint density at radius 3 is 3.15 bits per heavy atom. The topological polar surface area (TPSA) is 59.1 Å². The number of aromatic nitrogens is 2. The molecule has 4 rings (SSSR count). The summed E-state index contributed by atoms with van der Waals surface area (Å²) >= 11 is 1.47. The molecule has 0 amide bonds. The molecule has 0 saturated carbocycles. The van der Waals surface area contributed by atoms with Gasteiger partial charge in [-0.3, -0.25) is 0 Å². The maximum atomic E-state index is 13.4. The van der Waals surface area contributed by atoms with Crippen molar-refractivity contribution in [3.63, 3.8) is 0 Å². The van der Waals surface area contributed by atoms with E-state index < -0.39 is 0 Å². The third kappa shape index (κ3) is 4.88. The van der Waals surface area contributed by atoms with Crippen LogP contribution in [0.5, 0.6) is 0 Å². The summed E-state index contributed by atoms with van der Waals surface area (Å²) in [5, 5.41) is 7.39. The van der Waals surface area contributed by atoms with Crippen molar-refractivity contribution in [2.24, 2.45) is 5.92 Å². The molecule has 27 heavy (non-hydrogen) atoms. The van der Waals surface area contributed by atoms with Crippen LogP contribution in [0.1, 0.15) is 5.56 Å². The van der Waals surface area contributed by atoms with Gasteiger partial charge in [0, 0.05) is 25.5 Å². The van der Waals surface area contributed by atoms with Gasteiger partial charge in [-0.2, -0.15) is 0 Å². The zero-order chi connectivity index (χ0) is 18.5. The maximum Gasteiger partial charge on any atom is 0.188 e. The predicted molar refractivity (Wildman–Crippen MR) is 106 cm³/mol. The highest BCUT2D eigenvalue weighted by Gasteiger charge is 2.13. The van der Waals surface area contributed by atoms with E-state index in [4.69, 9.17) is 4.74 Å². The van der Waals surface area contributed by atoms with Crippen LogP contribution in [0.3, 0.4) is 0 Å². The van der Waals surface area contributed by atoms with Gasteiger partial charge in [0.15, 0.2) is 5.13 Å². The summed E-state index contributed by atoms with van der Waals surface area (Å²) in [7, 11) is 0. The van der Waals surface area contributed by atoms with Crippen LogP contribution < -0.4 is 10.6 Å². The number of benzene rings is 1. The van der Waals surface area contributed by atoms with Gasteiger partial charge in [-0.1, -0.05) is 23.5 Å². The molecule has 0 radical (unpaired) electrons. The van der Waals surface area contributed by atoms with Gasteiger partial charge < -0.3 is 15.4 Å². The van der Waals surface area contributed by atoms with Crippen molar-refractivity contribution in [3.8, 4) is 10.4 Å². The van der Waals surface area contributed by atoms with Crippen LogP contribution in [-0.2, 0) is 11.2 Å². The zero-order valence-corrected chi connectivity index (χ0v) is 15.6. The first-order valence-corrected chi connectivity index (χ1v) is 9.80. The van der Waals surface area contributed by atoms with Gasteiger partial charge in [0.2, 0.25) is 0 Å².